The molecule has 0 spiro atoms. The molecular weight excluding hydrogens is 241 g/mol. The number of hydrogen-bond acceptors (Lipinski definition) is 3. The first-order valence-electron chi connectivity index (χ1n) is 7.03. The largest absolute Gasteiger partial charge is 0.376 e. The van der Waals surface area contributed by atoms with Gasteiger partial charge in [-0.2, -0.15) is 0 Å². The topological polar surface area (TPSA) is 41.3 Å². The molecule has 0 radical (unpaired) electrons. The fraction of sp³-hybridized carbons (Fsp3) is 0.600. The Bertz CT molecular complexity index is 412. The molecule has 1 fully saturated rings. The van der Waals surface area contributed by atoms with Crippen molar-refractivity contribution in [3.8, 4) is 0 Å². The van der Waals surface area contributed by atoms with Gasteiger partial charge in [0.05, 0.1) is 11.2 Å². The summed E-state index contributed by atoms with van der Waals surface area (Å²) < 4.78 is 13.7. The van der Waals surface area contributed by atoms with Crippen LogP contribution in [0.15, 0.2) is 24.3 Å². The number of hydrogen-bond donors (Lipinski definition) is 2. The van der Waals surface area contributed by atoms with Crippen LogP contribution in [0.25, 0.3) is 0 Å². The fourth-order valence-electron chi connectivity index (χ4n) is 2.70. The highest BCUT2D eigenvalue weighted by Gasteiger charge is 2.34. The predicted molar refractivity (Wildman–Crippen MR) is 77.8 cm³/mol. The third-order valence-corrected chi connectivity index (χ3v) is 4.15. The Kier molecular flexibility index (Phi) is 4.42. The van der Waals surface area contributed by atoms with E-state index in [0.29, 0.717) is 18.3 Å². The number of nitrogens with two attached hydrogens (primary N) is 1. The molecule has 0 aromatic heterocycles. The number of piperidine rings is 1. The summed E-state index contributed by atoms with van der Waals surface area (Å²) in [6.07, 6.45) is 1.91. The highest BCUT2D eigenvalue weighted by molar-refractivity contribution is 5.47. The van der Waals surface area contributed by atoms with Crippen molar-refractivity contribution in [2.75, 3.05) is 25.0 Å². The average Bonchev–Trinajstić information content (AvgIpc) is 2.42. The van der Waals surface area contributed by atoms with Gasteiger partial charge in [-0.3, -0.25) is 0 Å². The standard InChI is InChI=1S/C15H24FN3/c1-12(2)19-9-7-15(11-17,8-10-19)18-14-6-4-3-5-13(14)16/h3-6,12,18H,7-11,17H2,1-2H3. The van der Waals surface area contributed by atoms with E-state index in [0.717, 1.165) is 25.9 Å². The maximum absolute atomic E-state index is 13.7. The lowest BCUT2D eigenvalue weighted by Crippen LogP contribution is -2.54. The molecule has 3 N–H and O–H groups in total. The predicted octanol–water partition coefficient (Wildman–Crippen LogP) is 2.44. The van der Waals surface area contributed by atoms with E-state index >= 15 is 0 Å². The Balaban J connectivity index is 2.07. The molecule has 106 valence electrons. The van der Waals surface area contributed by atoms with Gasteiger partial charge in [0, 0.05) is 25.7 Å². The van der Waals surface area contributed by atoms with E-state index < -0.39 is 0 Å². The lowest BCUT2D eigenvalue weighted by Gasteiger charge is -2.43. The van der Waals surface area contributed by atoms with Crippen LogP contribution < -0.4 is 11.1 Å². The fourth-order valence-corrected chi connectivity index (χ4v) is 2.70. The highest BCUT2D eigenvalue weighted by atomic mass is 19.1. The second-order valence-corrected chi connectivity index (χ2v) is 5.72. The molecule has 19 heavy (non-hydrogen) atoms. The van der Waals surface area contributed by atoms with Gasteiger partial charge in [0.25, 0.3) is 0 Å². The van der Waals surface area contributed by atoms with E-state index in [-0.39, 0.29) is 11.4 Å². The Morgan fingerprint density at radius 3 is 2.47 bits per heavy atom. The molecule has 1 saturated heterocycles. The molecular formula is C15H24FN3. The normalized spacial score (nSPS) is 19.6. The summed E-state index contributed by atoms with van der Waals surface area (Å²) in [6.45, 7) is 6.97. The minimum atomic E-state index is -0.207. The zero-order chi connectivity index (χ0) is 13.9. The third kappa shape index (κ3) is 3.25. The molecule has 1 aromatic rings. The Morgan fingerprint density at radius 1 is 1.32 bits per heavy atom. The quantitative estimate of drug-likeness (QED) is 0.878. The van der Waals surface area contributed by atoms with Crippen LogP contribution in [0.2, 0.25) is 0 Å². The van der Waals surface area contributed by atoms with Gasteiger partial charge in [-0.15, -0.1) is 0 Å². The SMILES string of the molecule is CC(C)N1CCC(CN)(Nc2ccccc2F)CC1. The summed E-state index contributed by atoms with van der Waals surface area (Å²) >= 11 is 0. The van der Waals surface area contributed by atoms with Gasteiger partial charge in [0.1, 0.15) is 5.82 Å². The first-order chi connectivity index (χ1) is 9.06. The second-order valence-electron chi connectivity index (χ2n) is 5.72. The first kappa shape index (κ1) is 14.3. The Hall–Kier alpha value is -1.13. The van der Waals surface area contributed by atoms with Gasteiger partial charge in [-0.25, -0.2) is 4.39 Å². The minimum Gasteiger partial charge on any atom is -0.376 e. The van der Waals surface area contributed by atoms with E-state index in [4.69, 9.17) is 5.73 Å². The van der Waals surface area contributed by atoms with Crippen LogP contribution in [0.3, 0.4) is 0 Å². The molecule has 1 aromatic carbocycles. The second kappa shape index (κ2) is 5.88. The van der Waals surface area contributed by atoms with Crippen molar-refractivity contribution in [3.05, 3.63) is 30.1 Å². The van der Waals surface area contributed by atoms with Crippen molar-refractivity contribution < 1.29 is 4.39 Å². The summed E-state index contributed by atoms with van der Waals surface area (Å²) in [6, 6.07) is 7.37. The Labute approximate surface area is 115 Å². The molecule has 0 unspecified atom stereocenters. The molecule has 4 heteroatoms. The molecule has 1 heterocycles. The van der Waals surface area contributed by atoms with Gasteiger partial charge >= 0.3 is 0 Å². The number of halogens is 1. The van der Waals surface area contributed by atoms with Gasteiger partial charge in [0.2, 0.25) is 0 Å². The lowest BCUT2D eigenvalue weighted by molar-refractivity contribution is 0.143. The molecule has 0 saturated carbocycles. The molecule has 3 nitrogen and oxygen atoms in total. The van der Waals surface area contributed by atoms with Gasteiger partial charge in [-0.05, 0) is 38.8 Å². The van der Waals surface area contributed by atoms with Crippen molar-refractivity contribution in [1.29, 1.82) is 0 Å². The zero-order valence-corrected chi connectivity index (χ0v) is 11.8. The van der Waals surface area contributed by atoms with Crippen LogP contribution in [-0.4, -0.2) is 36.1 Å². The van der Waals surface area contributed by atoms with Gasteiger partial charge < -0.3 is 16.0 Å². The Morgan fingerprint density at radius 2 is 1.95 bits per heavy atom. The van der Waals surface area contributed by atoms with Gasteiger partial charge in [-0.1, -0.05) is 12.1 Å². The number of benzene rings is 1. The van der Waals surface area contributed by atoms with Crippen LogP contribution in [0, 0.1) is 5.82 Å². The highest BCUT2D eigenvalue weighted by Crippen LogP contribution is 2.28. The van der Waals surface area contributed by atoms with Crippen molar-refractivity contribution in [2.24, 2.45) is 5.73 Å². The van der Waals surface area contributed by atoms with Crippen LogP contribution in [-0.2, 0) is 0 Å². The molecule has 0 atom stereocenters. The lowest BCUT2D eigenvalue weighted by atomic mass is 9.86. The average molecular weight is 265 g/mol. The maximum Gasteiger partial charge on any atom is 0.146 e. The molecule has 0 aliphatic carbocycles. The van der Waals surface area contributed by atoms with E-state index in [1.54, 1.807) is 12.1 Å². The maximum atomic E-state index is 13.7. The molecule has 1 aliphatic heterocycles. The van der Waals surface area contributed by atoms with Crippen LogP contribution >= 0.6 is 0 Å². The number of rotatable bonds is 4. The number of nitrogens with zero attached hydrogens (tertiary/aromatic N) is 1. The number of para-hydroxylation sites is 1. The van der Waals surface area contributed by atoms with Crippen LogP contribution in [0.5, 0.6) is 0 Å². The summed E-state index contributed by atoms with van der Waals surface area (Å²) in [5.41, 5.74) is 6.34. The van der Waals surface area contributed by atoms with Crippen molar-refractivity contribution in [2.45, 2.75) is 38.3 Å². The van der Waals surface area contributed by atoms with E-state index in [9.17, 15) is 4.39 Å². The molecule has 1 aliphatic rings. The molecule has 0 bridgehead atoms. The first-order valence-corrected chi connectivity index (χ1v) is 7.03. The summed E-state index contributed by atoms with van der Waals surface area (Å²) in [7, 11) is 0. The van der Waals surface area contributed by atoms with Crippen molar-refractivity contribution in [3.63, 3.8) is 0 Å². The van der Waals surface area contributed by atoms with Crippen molar-refractivity contribution >= 4 is 5.69 Å². The summed E-state index contributed by atoms with van der Waals surface area (Å²) in [4.78, 5) is 2.44. The zero-order valence-electron chi connectivity index (χ0n) is 11.8. The van der Waals surface area contributed by atoms with Gasteiger partial charge in [0.15, 0.2) is 0 Å². The smallest absolute Gasteiger partial charge is 0.146 e. The van der Waals surface area contributed by atoms with E-state index in [1.165, 1.54) is 6.07 Å². The monoisotopic (exact) mass is 265 g/mol. The summed E-state index contributed by atoms with van der Waals surface area (Å²) in [5.74, 6) is -0.207. The number of likely N-dealkylation sites (tertiary alicyclic amines) is 1. The van der Waals surface area contributed by atoms with E-state index in [1.807, 2.05) is 6.07 Å². The summed E-state index contributed by atoms with van der Waals surface area (Å²) in [5, 5.41) is 3.35. The minimum absolute atomic E-state index is 0.173. The van der Waals surface area contributed by atoms with Crippen LogP contribution in [0.1, 0.15) is 26.7 Å². The third-order valence-electron chi connectivity index (χ3n) is 4.15. The molecule has 2 rings (SSSR count). The van der Waals surface area contributed by atoms with Crippen molar-refractivity contribution in [1.82, 2.24) is 4.90 Å². The molecule has 0 amide bonds. The van der Waals surface area contributed by atoms with E-state index in [2.05, 4.69) is 24.1 Å². The van der Waals surface area contributed by atoms with Crippen LogP contribution in [0.4, 0.5) is 10.1 Å². The number of nitrogens with one attached hydrogen (secondary N) is 1. The number of anilines is 1.